The summed E-state index contributed by atoms with van der Waals surface area (Å²) in [6, 6.07) is 8.43. The van der Waals surface area contributed by atoms with Crippen molar-refractivity contribution in [3.05, 3.63) is 52.3 Å². The van der Waals surface area contributed by atoms with Gasteiger partial charge in [-0.15, -0.1) is 0 Å². The number of aromatic nitrogens is 1. The van der Waals surface area contributed by atoms with Crippen LogP contribution in [0, 0.1) is 20.8 Å². The van der Waals surface area contributed by atoms with Crippen LogP contribution in [0.5, 0.6) is 0 Å². The maximum absolute atomic E-state index is 12.6. The van der Waals surface area contributed by atoms with Crippen molar-refractivity contribution in [3.8, 4) is 0 Å². The maximum Gasteiger partial charge on any atom is 0.355 e. The third-order valence-corrected chi connectivity index (χ3v) is 4.78. The summed E-state index contributed by atoms with van der Waals surface area (Å²) in [5.41, 5.74) is 4.61. The van der Waals surface area contributed by atoms with Gasteiger partial charge in [0.05, 0.1) is 12.2 Å². The Morgan fingerprint density at radius 2 is 1.93 bits per heavy atom. The van der Waals surface area contributed by atoms with E-state index in [9.17, 15) is 9.59 Å². The van der Waals surface area contributed by atoms with E-state index in [-0.39, 0.29) is 5.91 Å². The van der Waals surface area contributed by atoms with Gasteiger partial charge in [0.15, 0.2) is 0 Å². The van der Waals surface area contributed by atoms with Crippen molar-refractivity contribution in [1.29, 1.82) is 0 Å². The minimum atomic E-state index is -0.432. The number of rotatable bonds is 9. The number of amides is 1. The second kappa shape index (κ2) is 9.97. The van der Waals surface area contributed by atoms with Gasteiger partial charge in [-0.3, -0.25) is 4.79 Å². The highest BCUT2D eigenvalue weighted by Gasteiger charge is 2.22. The molecule has 0 unspecified atom stereocenters. The minimum absolute atomic E-state index is 0.166. The molecule has 1 heterocycles. The lowest BCUT2D eigenvalue weighted by atomic mass is 10.1. The molecule has 2 N–H and O–H groups in total. The zero-order chi connectivity index (χ0) is 20.7. The Bertz CT molecular complexity index is 826. The van der Waals surface area contributed by atoms with E-state index >= 15 is 0 Å². The number of carbonyl (C=O) groups is 2. The van der Waals surface area contributed by atoms with Gasteiger partial charge in [0, 0.05) is 31.0 Å². The molecule has 0 aliphatic carbocycles. The van der Waals surface area contributed by atoms with E-state index < -0.39 is 5.97 Å². The maximum atomic E-state index is 12.6. The number of H-pyrrole nitrogens is 1. The molecule has 28 heavy (non-hydrogen) atoms. The predicted molar refractivity (Wildman–Crippen MR) is 112 cm³/mol. The summed E-state index contributed by atoms with van der Waals surface area (Å²) < 4.78 is 5.04. The fourth-order valence-electron chi connectivity index (χ4n) is 3.35. The third-order valence-electron chi connectivity index (χ3n) is 4.78. The first-order valence-electron chi connectivity index (χ1n) is 9.85. The molecule has 2 rings (SSSR count). The number of aromatic amines is 1. The lowest BCUT2D eigenvalue weighted by Gasteiger charge is -2.23. The first kappa shape index (κ1) is 21.5. The van der Waals surface area contributed by atoms with Gasteiger partial charge in [0.25, 0.3) is 5.91 Å². The van der Waals surface area contributed by atoms with Crippen LogP contribution in [0.4, 0.5) is 5.69 Å². The molecule has 0 atom stereocenters. The van der Waals surface area contributed by atoms with Crippen molar-refractivity contribution >= 4 is 17.6 Å². The normalized spacial score (nSPS) is 10.6. The van der Waals surface area contributed by atoms with Gasteiger partial charge in [0.2, 0.25) is 0 Å². The van der Waals surface area contributed by atoms with Crippen molar-refractivity contribution in [3.63, 3.8) is 0 Å². The molecule has 0 aliphatic heterocycles. The summed E-state index contributed by atoms with van der Waals surface area (Å²) in [5, 5.41) is 2.97. The number of aryl methyl sites for hydroxylation is 2. The van der Waals surface area contributed by atoms with E-state index in [4.69, 9.17) is 4.74 Å². The largest absolute Gasteiger partial charge is 0.461 e. The summed E-state index contributed by atoms with van der Waals surface area (Å²) in [7, 11) is 0. The Kier molecular flexibility index (Phi) is 7.67. The van der Waals surface area contributed by atoms with Crippen LogP contribution in [-0.4, -0.2) is 43.1 Å². The summed E-state index contributed by atoms with van der Waals surface area (Å²) in [6.07, 6.45) is 0.834. The summed E-state index contributed by atoms with van der Waals surface area (Å²) in [6.45, 7) is 12.2. The van der Waals surface area contributed by atoms with Crippen molar-refractivity contribution in [2.24, 2.45) is 0 Å². The summed E-state index contributed by atoms with van der Waals surface area (Å²) >= 11 is 0. The highest BCUT2D eigenvalue weighted by Crippen LogP contribution is 2.19. The zero-order valence-corrected chi connectivity index (χ0v) is 17.5. The molecule has 0 fully saturated rings. The highest BCUT2D eigenvalue weighted by molar-refractivity contribution is 6.01. The molecule has 0 saturated heterocycles. The third kappa shape index (κ3) is 5.15. The molecule has 6 nitrogen and oxygen atoms in total. The Morgan fingerprint density at radius 1 is 1.18 bits per heavy atom. The van der Waals surface area contributed by atoms with Crippen LogP contribution in [0.25, 0.3) is 0 Å². The number of hydrogen-bond acceptors (Lipinski definition) is 4. The number of esters is 1. The molecule has 0 aliphatic rings. The lowest BCUT2D eigenvalue weighted by molar-refractivity contribution is 0.0519. The highest BCUT2D eigenvalue weighted by atomic mass is 16.5. The molecule has 152 valence electrons. The monoisotopic (exact) mass is 385 g/mol. The lowest BCUT2D eigenvalue weighted by Crippen LogP contribution is -2.30. The van der Waals surface area contributed by atoms with Crippen molar-refractivity contribution < 1.29 is 14.3 Å². The van der Waals surface area contributed by atoms with E-state index in [2.05, 4.69) is 53.3 Å². The van der Waals surface area contributed by atoms with Gasteiger partial charge in [-0.1, -0.05) is 12.1 Å². The number of anilines is 1. The quantitative estimate of drug-likeness (QED) is 0.509. The summed E-state index contributed by atoms with van der Waals surface area (Å²) in [5.74, 6) is -0.598. The Hall–Kier alpha value is -2.76. The molecular formula is C22H31N3O3. The average molecular weight is 386 g/mol. The predicted octanol–water partition coefficient (Wildman–Crippen LogP) is 3.76. The molecule has 6 heteroatoms. The molecule has 0 saturated carbocycles. The Labute approximate surface area is 167 Å². The number of nitrogens with zero attached hydrogens (tertiary/aromatic N) is 1. The number of hydrogen-bond donors (Lipinski definition) is 2. The van der Waals surface area contributed by atoms with Crippen LogP contribution in [-0.2, 0) is 4.74 Å². The van der Waals surface area contributed by atoms with Gasteiger partial charge in [-0.05, 0) is 64.3 Å². The van der Waals surface area contributed by atoms with E-state index in [1.807, 2.05) is 0 Å². The Morgan fingerprint density at radius 3 is 2.57 bits per heavy atom. The molecular weight excluding hydrogens is 354 g/mol. The van der Waals surface area contributed by atoms with E-state index in [0.29, 0.717) is 35.7 Å². The van der Waals surface area contributed by atoms with E-state index in [1.54, 1.807) is 20.8 Å². The van der Waals surface area contributed by atoms with E-state index in [1.165, 1.54) is 11.3 Å². The zero-order valence-electron chi connectivity index (χ0n) is 17.5. The fraction of sp³-hybridized carbons (Fsp3) is 0.455. The molecule has 1 amide bonds. The first-order valence-corrected chi connectivity index (χ1v) is 9.85. The standard InChI is InChI=1S/C22H31N3O3/c1-6-25(18-11-8-10-15(3)14-18)13-9-12-23-21(26)19-16(4)20(24-17(19)5)22(27)28-7-2/h8,10-11,14,24H,6-7,9,12-13H2,1-5H3,(H,23,26). The number of ether oxygens (including phenoxy) is 1. The van der Waals surface area contributed by atoms with Crippen LogP contribution in [0.15, 0.2) is 24.3 Å². The van der Waals surface area contributed by atoms with Crippen LogP contribution < -0.4 is 10.2 Å². The molecule has 1 aromatic carbocycles. The number of nitrogens with one attached hydrogen (secondary N) is 2. The molecule has 2 aromatic rings. The average Bonchev–Trinajstić information content (AvgIpc) is 2.96. The molecule has 1 aromatic heterocycles. The number of benzene rings is 1. The van der Waals surface area contributed by atoms with Crippen LogP contribution in [0.1, 0.15) is 57.9 Å². The van der Waals surface area contributed by atoms with Gasteiger partial charge in [-0.2, -0.15) is 0 Å². The molecule has 0 spiro atoms. The van der Waals surface area contributed by atoms with Crippen molar-refractivity contribution in [2.75, 3.05) is 31.1 Å². The second-order valence-electron chi connectivity index (χ2n) is 6.87. The topological polar surface area (TPSA) is 74.4 Å². The van der Waals surface area contributed by atoms with Crippen LogP contribution in [0.2, 0.25) is 0 Å². The van der Waals surface area contributed by atoms with Crippen molar-refractivity contribution in [2.45, 2.75) is 41.0 Å². The second-order valence-corrected chi connectivity index (χ2v) is 6.87. The fourth-order valence-corrected chi connectivity index (χ4v) is 3.35. The smallest absolute Gasteiger partial charge is 0.355 e. The molecule has 0 radical (unpaired) electrons. The van der Waals surface area contributed by atoms with Gasteiger partial charge < -0.3 is 19.9 Å². The molecule has 0 bridgehead atoms. The minimum Gasteiger partial charge on any atom is -0.461 e. The van der Waals surface area contributed by atoms with Gasteiger partial charge in [0.1, 0.15) is 5.69 Å². The van der Waals surface area contributed by atoms with Crippen LogP contribution in [0.3, 0.4) is 0 Å². The SMILES string of the molecule is CCOC(=O)c1[nH]c(C)c(C(=O)NCCCN(CC)c2cccc(C)c2)c1C. The summed E-state index contributed by atoms with van der Waals surface area (Å²) in [4.78, 5) is 29.9. The van der Waals surface area contributed by atoms with E-state index in [0.717, 1.165) is 19.5 Å². The number of carbonyl (C=O) groups excluding carboxylic acids is 2. The van der Waals surface area contributed by atoms with Crippen LogP contribution >= 0.6 is 0 Å². The van der Waals surface area contributed by atoms with Crippen molar-refractivity contribution in [1.82, 2.24) is 10.3 Å². The van der Waals surface area contributed by atoms with Gasteiger partial charge in [-0.25, -0.2) is 4.79 Å². The van der Waals surface area contributed by atoms with Gasteiger partial charge >= 0.3 is 5.97 Å². The Balaban J connectivity index is 1.93. The first-order chi connectivity index (χ1) is 13.4.